The number of hydrogen-bond acceptors (Lipinski definition) is 5. The first-order chi connectivity index (χ1) is 9.81. The van der Waals surface area contributed by atoms with Gasteiger partial charge in [-0.25, -0.2) is 0 Å². The van der Waals surface area contributed by atoms with Crippen LogP contribution in [0.1, 0.15) is 24.9 Å². The van der Waals surface area contributed by atoms with Gasteiger partial charge < -0.3 is 19.7 Å². The second-order valence-corrected chi connectivity index (χ2v) is 5.61. The van der Waals surface area contributed by atoms with E-state index in [4.69, 9.17) is 9.47 Å². The minimum atomic E-state index is 0.385. The minimum Gasteiger partial charge on any atom is -0.486 e. The van der Waals surface area contributed by atoms with Crippen LogP contribution in [0.2, 0.25) is 0 Å². The fourth-order valence-electron chi connectivity index (χ4n) is 3.20. The number of guanidine groups is 1. The van der Waals surface area contributed by atoms with E-state index in [-0.39, 0.29) is 0 Å². The Morgan fingerprint density at radius 1 is 1.25 bits per heavy atom. The topological polar surface area (TPSA) is 46.1 Å². The minimum absolute atomic E-state index is 0.385. The van der Waals surface area contributed by atoms with Crippen LogP contribution >= 0.6 is 0 Å². The van der Waals surface area contributed by atoms with E-state index in [1.165, 1.54) is 5.56 Å². The predicted molar refractivity (Wildman–Crippen MR) is 76.4 cm³/mol. The summed E-state index contributed by atoms with van der Waals surface area (Å²) < 4.78 is 11.3. The Balaban J connectivity index is 1.65. The SMILES string of the molecule is CC1CN2C(=NCCC2c2ccc3c(c2)OCCO3)N1. The van der Waals surface area contributed by atoms with Crippen molar-refractivity contribution in [3.63, 3.8) is 0 Å². The standard InChI is InChI=1S/C15H19N3O2/c1-10-9-18-12(4-5-16-15(18)17-10)11-2-3-13-14(8-11)20-7-6-19-13/h2-3,8,10,12H,4-7,9H2,1H3,(H,16,17). The molecule has 1 aromatic carbocycles. The average molecular weight is 273 g/mol. The lowest BCUT2D eigenvalue weighted by Gasteiger charge is -2.33. The highest BCUT2D eigenvalue weighted by Crippen LogP contribution is 2.36. The monoisotopic (exact) mass is 273 g/mol. The molecule has 0 aromatic heterocycles. The van der Waals surface area contributed by atoms with Gasteiger partial charge in [0.2, 0.25) is 0 Å². The van der Waals surface area contributed by atoms with Crippen molar-refractivity contribution in [2.45, 2.75) is 25.4 Å². The van der Waals surface area contributed by atoms with Crippen LogP contribution in [0.3, 0.4) is 0 Å². The molecule has 3 heterocycles. The molecule has 20 heavy (non-hydrogen) atoms. The summed E-state index contributed by atoms with van der Waals surface area (Å²) in [6, 6.07) is 7.17. The van der Waals surface area contributed by atoms with Gasteiger partial charge in [0.1, 0.15) is 13.2 Å². The quantitative estimate of drug-likeness (QED) is 0.843. The summed E-state index contributed by atoms with van der Waals surface area (Å²) >= 11 is 0. The summed E-state index contributed by atoms with van der Waals surface area (Å²) in [7, 11) is 0. The molecule has 5 heteroatoms. The van der Waals surface area contributed by atoms with Crippen LogP contribution in [0.5, 0.6) is 11.5 Å². The van der Waals surface area contributed by atoms with Crippen LogP contribution in [0.4, 0.5) is 0 Å². The Morgan fingerprint density at radius 3 is 3.00 bits per heavy atom. The van der Waals surface area contributed by atoms with Crippen molar-refractivity contribution in [2.24, 2.45) is 4.99 Å². The summed E-state index contributed by atoms with van der Waals surface area (Å²) in [4.78, 5) is 6.96. The molecule has 0 bridgehead atoms. The fourth-order valence-corrected chi connectivity index (χ4v) is 3.20. The van der Waals surface area contributed by atoms with E-state index in [1.807, 2.05) is 6.07 Å². The highest BCUT2D eigenvalue weighted by atomic mass is 16.6. The van der Waals surface area contributed by atoms with Gasteiger partial charge in [-0.1, -0.05) is 6.07 Å². The van der Waals surface area contributed by atoms with Gasteiger partial charge in [0.25, 0.3) is 0 Å². The van der Waals surface area contributed by atoms with Crippen molar-refractivity contribution in [3.05, 3.63) is 23.8 Å². The van der Waals surface area contributed by atoms with E-state index in [2.05, 4.69) is 34.3 Å². The molecule has 2 atom stereocenters. The Labute approximate surface area is 118 Å². The summed E-state index contributed by atoms with van der Waals surface area (Å²) in [5, 5.41) is 3.44. The van der Waals surface area contributed by atoms with Crippen LogP contribution in [-0.2, 0) is 0 Å². The highest BCUT2D eigenvalue weighted by molar-refractivity contribution is 5.83. The molecule has 0 saturated carbocycles. The van der Waals surface area contributed by atoms with Crippen molar-refractivity contribution < 1.29 is 9.47 Å². The predicted octanol–water partition coefficient (Wildman–Crippen LogP) is 1.55. The molecular formula is C15H19N3O2. The summed E-state index contributed by atoms with van der Waals surface area (Å²) in [6.45, 7) is 5.36. The van der Waals surface area contributed by atoms with Crippen molar-refractivity contribution in [3.8, 4) is 11.5 Å². The third kappa shape index (κ3) is 1.88. The van der Waals surface area contributed by atoms with Gasteiger partial charge in [-0.05, 0) is 31.0 Å². The molecule has 5 nitrogen and oxygen atoms in total. The fraction of sp³-hybridized carbons (Fsp3) is 0.533. The first kappa shape index (κ1) is 11.9. The number of benzene rings is 1. The van der Waals surface area contributed by atoms with E-state index < -0.39 is 0 Å². The van der Waals surface area contributed by atoms with Crippen LogP contribution in [0.15, 0.2) is 23.2 Å². The molecule has 0 spiro atoms. The maximum absolute atomic E-state index is 5.70. The zero-order chi connectivity index (χ0) is 13.5. The van der Waals surface area contributed by atoms with Crippen LogP contribution < -0.4 is 14.8 Å². The second-order valence-electron chi connectivity index (χ2n) is 5.61. The normalized spacial score (nSPS) is 27.6. The molecule has 1 N–H and O–H groups in total. The van der Waals surface area contributed by atoms with Crippen molar-refractivity contribution in [1.82, 2.24) is 10.2 Å². The summed E-state index contributed by atoms with van der Waals surface area (Å²) in [6.07, 6.45) is 1.05. The molecule has 1 aromatic rings. The third-order valence-corrected chi connectivity index (χ3v) is 4.11. The Bertz CT molecular complexity index is 558. The Kier molecular flexibility index (Phi) is 2.72. The largest absolute Gasteiger partial charge is 0.486 e. The number of rotatable bonds is 1. The Morgan fingerprint density at radius 2 is 2.10 bits per heavy atom. The molecule has 0 aliphatic carbocycles. The molecule has 3 aliphatic rings. The molecule has 106 valence electrons. The number of nitrogens with zero attached hydrogens (tertiary/aromatic N) is 2. The zero-order valence-corrected chi connectivity index (χ0v) is 11.6. The van der Waals surface area contributed by atoms with Gasteiger partial charge in [-0.2, -0.15) is 0 Å². The third-order valence-electron chi connectivity index (χ3n) is 4.11. The van der Waals surface area contributed by atoms with Crippen LogP contribution in [0.25, 0.3) is 0 Å². The smallest absolute Gasteiger partial charge is 0.194 e. The van der Waals surface area contributed by atoms with Crippen molar-refractivity contribution in [2.75, 3.05) is 26.3 Å². The molecule has 0 amide bonds. The number of nitrogens with one attached hydrogen (secondary N) is 1. The molecule has 4 rings (SSSR count). The van der Waals surface area contributed by atoms with E-state index in [9.17, 15) is 0 Å². The lowest BCUT2D eigenvalue weighted by Crippen LogP contribution is -2.37. The number of aliphatic imine (C=N–C) groups is 1. The van der Waals surface area contributed by atoms with Gasteiger partial charge in [0.05, 0.1) is 6.04 Å². The first-order valence-electron chi connectivity index (χ1n) is 7.28. The number of fused-ring (bicyclic) bond motifs is 2. The van der Waals surface area contributed by atoms with E-state index in [0.29, 0.717) is 25.3 Å². The van der Waals surface area contributed by atoms with Gasteiger partial charge in [-0.3, -0.25) is 4.99 Å². The maximum atomic E-state index is 5.70. The molecule has 3 aliphatic heterocycles. The summed E-state index contributed by atoms with van der Waals surface area (Å²) in [5.41, 5.74) is 1.29. The van der Waals surface area contributed by atoms with Crippen molar-refractivity contribution >= 4 is 5.96 Å². The van der Waals surface area contributed by atoms with E-state index in [0.717, 1.165) is 37.0 Å². The first-order valence-corrected chi connectivity index (χ1v) is 7.28. The molecule has 2 unspecified atom stereocenters. The molecule has 1 saturated heterocycles. The Hall–Kier alpha value is -1.91. The average Bonchev–Trinajstić information content (AvgIpc) is 2.86. The number of hydrogen-bond donors (Lipinski definition) is 1. The number of ether oxygens (including phenoxy) is 2. The summed E-state index contributed by atoms with van der Waals surface area (Å²) in [5.74, 6) is 2.78. The van der Waals surface area contributed by atoms with E-state index >= 15 is 0 Å². The van der Waals surface area contributed by atoms with E-state index in [1.54, 1.807) is 0 Å². The maximum Gasteiger partial charge on any atom is 0.194 e. The second kappa shape index (κ2) is 4.58. The van der Waals surface area contributed by atoms with Gasteiger partial charge in [0.15, 0.2) is 17.5 Å². The van der Waals surface area contributed by atoms with Gasteiger partial charge in [0, 0.05) is 19.1 Å². The highest BCUT2D eigenvalue weighted by Gasteiger charge is 2.33. The van der Waals surface area contributed by atoms with Crippen LogP contribution in [0, 0.1) is 0 Å². The lowest BCUT2D eigenvalue weighted by atomic mass is 10.0. The zero-order valence-electron chi connectivity index (χ0n) is 11.6. The molecular weight excluding hydrogens is 254 g/mol. The van der Waals surface area contributed by atoms with Gasteiger partial charge >= 0.3 is 0 Å². The van der Waals surface area contributed by atoms with Crippen molar-refractivity contribution in [1.29, 1.82) is 0 Å². The van der Waals surface area contributed by atoms with Crippen LogP contribution in [-0.4, -0.2) is 43.2 Å². The molecule has 1 fully saturated rings. The van der Waals surface area contributed by atoms with Gasteiger partial charge in [-0.15, -0.1) is 0 Å². The molecule has 0 radical (unpaired) electrons. The lowest BCUT2D eigenvalue weighted by molar-refractivity contribution is 0.171.